The Kier molecular flexibility index (Phi) is 6.55. The average molecular weight is 345 g/mol. The highest BCUT2D eigenvalue weighted by atomic mass is 35.5. The molecular weight excluding hydrogens is 331 g/mol. The number of halogens is 2. The van der Waals surface area contributed by atoms with Gasteiger partial charge in [0, 0.05) is 13.0 Å². The van der Waals surface area contributed by atoms with Crippen LogP contribution in [-0.4, -0.2) is 26.6 Å². The summed E-state index contributed by atoms with van der Waals surface area (Å²) in [5.74, 6) is -0.467. The molecule has 0 unspecified atom stereocenters. The van der Waals surface area contributed by atoms with Gasteiger partial charge < -0.3 is 5.32 Å². The minimum atomic E-state index is -3.53. The van der Waals surface area contributed by atoms with Crippen molar-refractivity contribution in [1.82, 2.24) is 5.32 Å². The molecule has 0 aromatic carbocycles. The first-order valence-electron chi connectivity index (χ1n) is 5.49. The largest absolute Gasteiger partial charge is 0.355 e. The first-order chi connectivity index (χ1) is 8.78. The van der Waals surface area contributed by atoms with Gasteiger partial charge >= 0.3 is 0 Å². The van der Waals surface area contributed by atoms with Crippen LogP contribution in [0.2, 0.25) is 8.67 Å². The Bertz CT molecular complexity index is 543. The topological polar surface area (TPSA) is 89.3 Å². The van der Waals surface area contributed by atoms with E-state index in [9.17, 15) is 13.2 Å². The van der Waals surface area contributed by atoms with Gasteiger partial charge in [0.05, 0.1) is 14.4 Å². The molecule has 0 spiro atoms. The summed E-state index contributed by atoms with van der Waals surface area (Å²) >= 11 is 13.0. The van der Waals surface area contributed by atoms with Crippen molar-refractivity contribution in [1.29, 1.82) is 0 Å². The second-order valence-electron chi connectivity index (χ2n) is 3.92. The maximum Gasteiger partial charge on any atom is 0.220 e. The third-order valence-corrected chi connectivity index (χ3v) is 4.63. The Morgan fingerprint density at radius 2 is 2.11 bits per heavy atom. The van der Waals surface area contributed by atoms with Crippen molar-refractivity contribution in [2.75, 3.05) is 12.3 Å². The number of rotatable bonds is 7. The number of sulfonamides is 1. The molecule has 0 radical (unpaired) electrons. The Balaban J connectivity index is 2.22. The lowest BCUT2D eigenvalue weighted by molar-refractivity contribution is -0.121. The summed E-state index contributed by atoms with van der Waals surface area (Å²) in [5, 5.41) is 7.30. The maximum absolute atomic E-state index is 11.4. The second kappa shape index (κ2) is 7.44. The van der Waals surface area contributed by atoms with Crippen molar-refractivity contribution < 1.29 is 13.2 Å². The molecule has 3 N–H and O–H groups in total. The van der Waals surface area contributed by atoms with Crippen LogP contribution in [0.1, 0.15) is 18.4 Å². The minimum absolute atomic E-state index is 0.0305. The van der Waals surface area contributed by atoms with E-state index in [1.54, 1.807) is 6.07 Å². The Morgan fingerprint density at radius 1 is 1.42 bits per heavy atom. The monoisotopic (exact) mass is 344 g/mol. The van der Waals surface area contributed by atoms with E-state index >= 15 is 0 Å². The third-order valence-electron chi connectivity index (χ3n) is 2.29. The molecule has 1 rings (SSSR count). The van der Waals surface area contributed by atoms with Gasteiger partial charge in [-0.15, -0.1) is 11.3 Å². The molecule has 0 saturated heterocycles. The molecule has 1 aromatic heterocycles. The SMILES string of the molecule is NS(=O)(=O)CCNC(=O)CCCc1cc(Cl)sc1Cl. The van der Waals surface area contributed by atoms with Crippen LogP contribution in [0.15, 0.2) is 6.07 Å². The van der Waals surface area contributed by atoms with Gasteiger partial charge in [-0.05, 0) is 24.5 Å². The molecule has 0 bridgehead atoms. The third kappa shape index (κ3) is 7.12. The molecule has 0 aliphatic heterocycles. The number of nitrogens with two attached hydrogens (primary N) is 1. The zero-order valence-corrected chi connectivity index (χ0v) is 13.1. The van der Waals surface area contributed by atoms with Gasteiger partial charge in [-0.1, -0.05) is 23.2 Å². The second-order valence-corrected chi connectivity index (χ2v) is 7.94. The Hall–Kier alpha value is -0.340. The van der Waals surface area contributed by atoms with E-state index < -0.39 is 10.0 Å². The lowest BCUT2D eigenvalue weighted by Crippen LogP contribution is -2.31. The summed E-state index contributed by atoms with van der Waals surface area (Å²) in [7, 11) is -3.53. The summed E-state index contributed by atoms with van der Waals surface area (Å²) in [6.07, 6.45) is 1.58. The molecule has 9 heteroatoms. The van der Waals surface area contributed by atoms with Gasteiger partial charge in [0.2, 0.25) is 15.9 Å². The van der Waals surface area contributed by atoms with Gasteiger partial charge in [-0.3, -0.25) is 4.79 Å². The number of thiophene rings is 1. The van der Waals surface area contributed by atoms with Crippen LogP contribution in [0.3, 0.4) is 0 Å². The molecule has 1 amide bonds. The number of aryl methyl sites for hydroxylation is 1. The summed E-state index contributed by atoms with van der Waals surface area (Å²) < 4.78 is 22.6. The molecule has 108 valence electrons. The highest BCUT2D eigenvalue weighted by Crippen LogP contribution is 2.31. The van der Waals surface area contributed by atoms with Crippen molar-refractivity contribution in [2.24, 2.45) is 5.14 Å². The molecule has 0 saturated carbocycles. The van der Waals surface area contributed by atoms with Crippen molar-refractivity contribution in [3.63, 3.8) is 0 Å². The van der Waals surface area contributed by atoms with Crippen LogP contribution in [0, 0.1) is 0 Å². The summed E-state index contributed by atoms with van der Waals surface area (Å²) in [6, 6.07) is 1.79. The van der Waals surface area contributed by atoms with Gasteiger partial charge in [0.25, 0.3) is 0 Å². The number of amides is 1. The standard InChI is InChI=1S/C10H14Cl2N2O3S2/c11-8-6-7(10(12)18-8)2-1-3-9(15)14-4-5-19(13,16)17/h6H,1-5H2,(H,14,15)(H2,13,16,17). The van der Waals surface area contributed by atoms with Crippen molar-refractivity contribution in [2.45, 2.75) is 19.3 Å². The zero-order chi connectivity index (χ0) is 14.5. The number of carbonyl (C=O) groups excluding carboxylic acids is 1. The fourth-order valence-corrected chi connectivity index (χ4v) is 3.34. The van der Waals surface area contributed by atoms with Crippen LogP contribution >= 0.6 is 34.5 Å². The Morgan fingerprint density at radius 3 is 2.63 bits per heavy atom. The number of hydrogen-bond donors (Lipinski definition) is 2. The summed E-state index contributed by atoms with van der Waals surface area (Å²) in [6.45, 7) is 0.0305. The number of carbonyl (C=O) groups is 1. The van der Waals surface area contributed by atoms with Gasteiger partial charge in [-0.25, -0.2) is 13.6 Å². The molecule has 0 atom stereocenters. The van der Waals surface area contributed by atoms with Crippen LogP contribution in [0.25, 0.3) is 0 Å². The fourth-order valence-electron chi connectivity index (χ4n) is 1.41. The number of primary sulfonamides is 1. The van der Waals surface area contributed by atoms with E-state index in [0.717, 1.165) is 5.56 Å². The zero-order valence-electron chi connectivity index (χ0n) is 9.99. The van der Waals surface area contributed by atoms with Gasteiger partial charge in [-0.2, -0.15) is 0 Å². The van der Waals surface area contributed by atoms with Crippen LogP contribution < -0.4 is 10.5 Å². The van der Waals surface area contributed by atoms with E-state index in [0.29, 0.717) is 27.9 Å². The predicted molar refractivity (Wildman–Crippen MR) is 78.3 cm³/mol. The molecule has 0 fully saturated rings. The highest BCUT2D eigenvalue weighted by Gasteiger charge is 2.08. The van der Waals surface area contributed by atoms with E-state index in [1.165, 1.54) is 11.3 Å². The van der Waals surface area contributed by atoms with Crippen LogP contribution in [0.4, 0.5) is 0 Å². The van der Waals surface area contributed by atoms with E-state index in [4.69, 9.17) is 28.3 Å². The molecule has 19 heavy (non-hydrogen) atoms. The van der Waals surface area contributed by atoms with E-state index in [1.807, 2.05) is 0 Å². The van der Waals surface area contributed by atoms with Crippen molar-refractivity contribution in [3.05, 3.63) is 20.3 Å². The number of hydrogen-bond acceptors (Lipinski definition) is 4. The highest BCUT2D eigenvalue weighted by molar-refractivity contribution is 7.89. The van der Waals surface area contributed by atoms with E-state index in [2.05, 4.69) is 5.32 Å². The molecular formula is C10H14Cl2N2O3S2. The predicted octanol–water partition coefficient (Wildman–Crippen LogP) is 1.78. The molecule has 1 heterocycles. The minimum Gasteiger partial charge on any atom is -0.355 e. The fraction of sp³-hybridized carbons (Fsp3) is 0.500. The van der Waals surface area contributed by atoms with Crippen LogP contribution in [0.5, 0.6) is 0 Å². The van der Waals surface area contributed by atoms with Crippen molar-refractivity contribution >= 4 is 50.5 Å². The lowest BCUT2D eigenvalue weighted by atomic mass is 10.1. The summed E-state index contributed by atoms with van der Waals surface area (Å²) in [5.41, 5.74) is 0.925. The molecule has 1 aromatic rings. The van der Waals surface area contributed by atoms with Gasteiger partial charge in [0.15, 0.2) is 0 Å². The average Bonchev–Trinajstić information content (AvgIpc) is 2.55. The lowest BCUT2D eigenvalue weighted by Gasteiger charge is -2.04. The Labute approximate surface area is 126 Å². The maximum atomic E-state index is 11.4. The van der Waals surface area contributed by atoms with Crippen molar-refractivity contribution in [3.8, 4) is 0 Å². The van der Waals surface area contributed by atoms with Gasteiger partial charge in [0.1, 0.15) is 0 Å². The quantitative estimate of drug-likeness (QED) is 0.789. The molecule has 0 aliphatic rings. The van der Waals surface area contributed by atoms with Crippen LogP contribution in [-0.2, 0) is 21.2 Å². The summed E-state index contributed by atoms with van der Waals surface area (Å²) in [4.78, 5) is 11.4. The molecule has 5 nitrogen and oxygen atoms in total. The normalized spacial score (nSPS) is 11.5. The smallest absolute Gasteiger partial charge is 0.220 e. The molecule has 0 aliphatic carbocycles. The first kappa shape index (κ1) is 16.7. The van der Waals surface area contributed by atoms with E-state index in [-0.39, 0.29) is 18.2 Å². The number of nitrogens with one attached hydrogen (secondary N) is 1. The first-order valence-corrected chi connectivity index (χ1v) is 8.77.